The summed E-state index contributed by atoms with van der Waals surface area (Å²) in [4.78, 5) is 19.1. The Morgan fingerprint density at radius 3 is 2.05 bits per heavy atom. The quantitative estimate of drug-likeness (QED) is 0.242. The number of nitrogens with zero attached hydrogens (tertiary/aromatic N) is 2. The number of Topliss-reactive ketones (excluding diaryl/α,β-unsaturated/α-hetero) is 1. The molecule has 0 fully saturated rings. The number of aromatic nitrogens is 2. The molecule has 1 unspecified atom stereocenters. The number of alkyl halides is 1. The molecule has 192 valence electrons. The van der Waals surface area contributed by atoms with Gasteiger partial charge in [0.1, 0.15) is 12.0 Å². The molecule has 1 aromatic heterocycles. The largest absolute Gasteiger partial charge is 0.330 e. The van der Waals surface area contributed by atoms with Crippen LogP contribution in [-0.2, 0) is 6.54 Å². The Hall–Kier alpha value is -3.57. The summed E-state index contributed by atoms with van der Waals surface area (Å²) in [6.45, 7) is 6.78. The topological polar surface area (TPSA) is 60.9 Å². The lowest BCUT2D eigenvalue weighted by atomic mass is 9.68. The number of hydrogen-bond acceptors (Lipinski definition) is 3. The molecule has 0 radical (unpaired) electrons. The summed E-state index contributed by atoms with van der Waals surface area (Å²) in [6.07, 6.45) is 0.815. The van der Waals surface area contributed by atoms with Crippen molar-refractivity contribution in [3.8, 4) is 11.3 Å². The maximum atomic E-state index is 14.9. The molecule has 0 aliphatic rings. The lowest BCUT2D eigenvalue weighted by molar-refractivity contribution is 0.0790. The minimum atomic E-state index is -1.28. The molecule has 37 heavy (non-hydrogen) atoms. The molecule has 0 saturated carbocycles. The van der Waals surface area contributed by atoms with Crippen molar-refractivity contribution in [2.75, 3.05) is 6.54 Å². The zero-order chi connectivity index (χ0) is 26.4. The third-order valence-corrected chi connectivity index (χ3v) is 6.85. The normalized spacial score (nSPS) is 14.2. The highest BCUT2D eigenvalue weighted by atomic mass is 19.1. The average molecular weight is 498 g/mol. The van der Waals surface area contributed by atoms with Crippen molar-refractivity contribution in [1.82, 2.24) is 9.55 Å². The predicted molar refractivity (Wildman–Crippen MR) is 148 cm³/mol. The van der Waals surface area contributed by atoms with E-state index >= 15 is 0 Å². The highest BCUT2D eigenvalue weighted by Crippen LogP contribution is 2.44. The van der Waals surface area contributed by atoms with Crippen LogP contribution in [-0.4, -0.2) is 28.1 Å². The Morgan fingerprint density at radius 2 is 1.49 bits per heavy atom. The Kier molecular flexibility index (Phi) is 8.34. The summed E-state index contributed by atoms with van der Waals surface area (Å²) >= 11 is 0. The number of halogens is 1. The van der Waals surface area contributed by atoms with Gasteiger partial charge in [0, 0.05) is 42.2 Å². The smallest absolute Gasteiger partial charge is 0.166 e. The van der Waals surface area contributed by atoms with E-state index in [0.29, 0.717) is 12.1 Å². The van der Waals surface area contributed by atoms with E-state index in [2.05, 4.69) is 43.7 Å². The second kappa shape index (κ2) is 11.7. The van der Waals surface area contributed by atoms with Gasteiger partial charge in [-0.2, -0.15) is 0 Å². The molecule has 1 heterocycles. The van der Waals surface area contributed by atoms with Crippen molar-refractivity contribution >= 4 is 5.78 Å². The van der Waals surface area contributed by atoms with Crippen LogP contribution in [0.3, 0.4) is 0 Å². The highest BCUT2D eigenvalue weighted by Gasteiger charge is 2.42. The fourth-order valence-electron chi connectivity index (χ4n) is 5.09. The van der Waals surface area contributed by atoms with Gasteiger partial charge < -0.3 is 10.3 Å². The third kappa shape index (κ3) is 6.41. The molecule has 0 bridgehead atoms. The van der Waals surface area contributed by atoms with E-state index in [9.17, 15) is 9.18 Å². The van der Waals surface area contributed by atoms with Crippen molar-refractivity contribution in [2.45, 2.75) is 45.8 Å². The molecule has 5 heteroatoms. The summed E-state index contributed by atoms with van der Waals surface area (Å²) in [5.74, 6) is -0.256. The van der Waals surface area contributed by atoms with Gasteiger partial charge in [-0.1, -0.05) is 112 Å². The van der Waals surface area contributed by atoms with Gasteiger partial charge in [0.25, 0.3) is 0 Å². The van der Waals surface area contributed by atoms with E-state index < -0.39 is 12.1 Å². The molecule has 0 aliphatic carbocycles. The van der Waals surface area contributed by atoms with Crippen LogP contribution in [0.4, 0.5) is 4.39 Å². The van der Waals surface area contributed by atoms with Crippen LogP contribution >= 0.6 is 0 Å². The molecule has 2 N–H and O–H groups in total. The van der Waals surface area contributed by atoms with E-state index in [-0.39, 0.29) is 30.1 Å². The second-order valence-corrected chi connectivity index (χ2v) is 10.7. The lowest BCUT2D eigenvalue weighted by Crippen LogP contribution is -2.36. The molecular weight excluding hydrogens is 461 g/mol. The summed E-state index contributed by atoms with van der Waals surface area (Å²) < 4.78 is 17.1. The average Bonchev–Trinajstić information content (AvgIpc) is 3.31. The molecule has 4 nitrogen and oxygen atoms in total. The maximum absolute atomic E-state index is 14.9. The summed E-state index contributed by atoms with van der Waals surface area (Å²) in [5, 5.41) is 0. The molecule has 0 spiro atoms. The number of benzene rings is 3. The standard InChI is InChI=1S/C32H36FN3O/c1-32(2,3)29(27(19-26(33)20-34)30(37)25-17-11-6-12-18-25)31-35-28(24-15-9-5-10-16-24)22-36(31)21-23-13-7-4-8-14-23/h4-18,22,26-27,29H,19-21,34H2,1-3H3/t26-,27?,29-/m0/s1. The van der Waals surface area contributed by atoms with E-state index in [1.165, 1.54) is 0 Å². The molecule has 4 aromatic rings. The molecular formula is C32H36FN3O. The van der Waals surface area contributed by atoms with Gasteiger partial charge in [0.05, 0.1) is 5.69 Å². The Bertz CT molecular complexity index is 1280. The summed E-state index contributed by atoms with van der Waals surface area (Å²) in [5.41, 5.74) is 8.88. The molecule has 3 atom stereocenters. The van der Waals surface area contributed by atoms with Crippen LogP contribution in [0.1, 0.15) is 54.9 Å². The van der Waals surface area contributed by atoms with E-state index in [0.717, 1.165) is 22.6 Å². The van der Waals surface area contributed by atoms with Crippen LogP contribution in [0, 0.1) is 11.3 Å². The minimum absolute atomic E-state index is 0.0467. The van der Waals surface area contributed by atoms with E-state index in [1.807, 2.05) is 66.7 Å². The summed E-state index contributed by atoms with van der Waals surface area (Å²) in [7, 11) is 0. The van der Waals surface area contributed by atoms with Gasteiger partial charge in [-0.25, -0.2) is 9.37 Å². The second-order valence-electron chi connectivity index (χ2n) is 10.7. The lowest BCUT2D eigenvalue weighted by Gasteiger charge is -2.37. The number of imidazole rings is 1. The maximum Gasteiger partial charge on any atom is 0.166 e. The van der Waals surface area contributed by atoms with Gasteiger partial charge in [-0.3, -0.25) is 4.79 Å². The van der Waals surface area contributed by atoms with Gasteiger partial charge in [-0.05, 0) is 17.4 Å². The number of carbonyl (C=O) groups excluding carboxylic acids is 1. The predicted octanol–water partition coefficient (Wildman–Crippen LogP) is 6.91. The van der Waals surface area contributed by atoms with E-state index in [4.69, 9.17) is 10.7 Å². The number of carbonyl (C=O) groups is 1. The zero-order valence-corrected chi connectivity index (χ0v) is 21.8. The SMILES string of the molecule is CC(C)(C)[C@H](c1nc(-c2ccccc2)cn1Cc1ccccc1)C(C[C@H](F)CN)C(=O)c1ccccc1. The van der Waals surface area contributed by atoms with Gasteiger partial charge in [0.15, 0.2) is 5.78 Å². The van der Waals surface area contributed by atoms with Gasteiger partial charge >= 0.3 is 0 Å². The van der Waals surface area contributed by atoms with Crippen LogP contribution in [0.15, 0.2) is 97.2 Å². The Labute approximate surface area is 219 Å². The van der Waals surface area contributed by atoms with Crippen molar-refractivity contribution < 1.29 is 9.18 Å². The number of nitrogens with two attached hydrogens (primary N) is 1. The number of rotatable bonds is 10. The summed E-state index contributed by atoms with van der Waals surface area (Å²) in [6, 6.07) is 29.4. The molecule has 4 rings (SSSR count). The van der Waals surface area contributed by atoms with Crippen LogP contribution in [0.2, 0.25) is 0 Å². The monoisotopic (exact) mass is 497 g/mol. The van der Waals surface area contributed by atoms with Gasteiger partial charge in [-0.15, -0.1) is 0 Å². The van der Waals surface area contributed by atoms with Crippen LogP contribution < -0.4 is 5.73 Å². The molecule has 0 aliphatic heterocycles. The van der Waals surface area contributed by atoms with Gasteiger partial charge in [0.2, 0.25) is 0 Å². The van der Waals surface area contributed by atoms with Crippen molar-refractivity contribution in [3.05, 3.63) is 114 Å². The molecule has 0 amide bonds. The van der Waals surface area contributed by atoms with Crippen molar-refractivity contribution in [3.63, 3.8) is 0 Å². The Balaban J connectivity index is 1.88. The molecule has 0 saturated heterocycles. The zero-order valence-electron chi connectivity index (χ0n) is 21.8. The third-order valence-electron chi connectivity index (χ3n) is 6.85. The highest BCUT2D eigenvalue weighted by molar-refractivity contribution is 5.98. The first-order valence-electron chi connectivity index (χ1n) is 12.9. The van der Waals surface area contributed by atoms with Crippen LogP contribution in [0.25, 0.3) is 11.3 Å². The van der Waals surface area contributed by atoms with Crippen LogP contribution in [0.5, 0.6) is 0 Å². The Morgan fingerprint density at radius 1 is 0.919 bits per heavy atom. The van der Waals surface area contributed by atoms with Crippen molar-refractivity contribution in [1.29, 1.82) is 0 Å². The van der Waals surface area contributed by atoms with Crippen molar-refractivity contribution in [2.24, 2.45) is 17.1 Å². The first kappa shape index (κ1) is 26.5. The number of hydrogen-bond donors (Lipinski definition) is 1. The fraction of sp³-hybridized carbons (Fsp3) is 0.312. The minimum Gasteiger partial charge on any atom is -0.330 e. The fourth-order valence-corrected chi connectivity index (χ4v) is 5.09. The first-order valence-corrected chi connectivity index (χ1v) is 12.9. The number of ketones is 1. The first-order chi connectivity index (χ1) is 17.8. The molecule has 3 aromatic carbocycles. The van der Waals surface area contributed by atoms with E-state index in [1.54, 1.807) is 12.1 Å².